The molecule has 2 N–H and O–H groups in total. The van der Waals surface area contributed by atoms with Crippen LogP contribution in [0.1, 0.15) is 19.5 Å². The number of methoxy groups -OCH3 is 1. The first kappa shape index (κ1) is 20.7. The lowest BCUT2D eigenvalue weighted by atomic mass is 10.2. The highest BCUT2D eigenvalue weighted by atomic mass is 16.5. The van der Waals surface area contributed by atoms with Gasteiger partial charge in [-0.2, -0.15) is 4.98 Å². The van der Waals surface area contributed by atoms with E-state index in [4.69, 9.17) is 9.47 Å². The average Bonchev–Trinajstić information content (AvgIpc) is 2.65. The van der Waals surface area contributed by atoms with Crippen LogP contribution in [0.4, 0.5) is 17.5 Å². The molecule has 148 valence electrons. The van der Waals surface area contributed by atoms with Crippen molar-refractivity contribution in [2.75, 3.05) is 51.5 Å². The number of anilines is 3. The van der Waals surface area contributed by atoms with Crippen LogP contribution in [0.3, 0.4) is 0 Å². The van der Waals surface area contributed by atoms with Crippen LogP contribution in [0.25, 0.3) is 0 Å². The number of rotatable bonds is 10. The Hall–Kier alpha value is -2.61. The molecule has 27 heavy (non-hydrogen) atoms. The van der Waals surface area contributed by atoms with Gasteiger partial charge in [0.2, 0.25) is 5.95 Å². The number of nitrogens with one attached hydrogen (secondary N) is 2. The third kappa shape index (κ3) is 6.25. The summed E-state index contributed by atoms with van der Waals surface area (Å²) in [5, 5.41) is 6.19. The molecule has 0 fully saturated rings. The molecule has 0 amide bonds. The Balaban J connectivity index is 2.11. The van der Waals surface area contributed by atoms with E-state index in [0.29, 0.717) is 30.1 Å². The summed E-state index contributed by atoms with van der Waals surface area (Å²) in [4.78, 5) is 15.4. The number of ether oxygens (including phenoxy) is 2. The fraction of sp³-hybridized carbons (Fsp3) is 0.526. The Morgan fingerprint density at radius 3 is 2.70 bits per heavy atom. The third-order valence-electron chi connectivity index (χ3n) is 4.06. The van der Waals surface area contributed by atoms with Crippen LogP contribution in [-0.2, 0) is 0 Å². The van der Waals surface area contributed by atoms with E-state index in [9.17, 15) is 0 Å². The Morgan fingerprint density at radius 2 is 2.04 bits per heavy atom. The van der Waals surface area contributed by atoms with Gasteiger partial charge in [-0.3, -0.25) is 0 Å². The quantitative estimate of drug-likeness (QED) is 0.657. The van der Waals surface area contributed by atoms with Crippen molar-refractivity contribution in [3.63, 3.8) is 0 Å². The van der Waals surface area contributed by atoms with Gasteiger partial charge in [0.15, 0.2) is 5.75 Å². The highest BCUT2D eigenvalue weighted by Gasteiger charge is 2.12. The van der Waals surface area contributed by atoms with Crippen molar-refractivity contribution < 1.29 is 9.47 Å². The van der Waals surface area contributed by atoms with Gasteiger partial charge in [-0.15, -0.1) is 0 Å². The first-order valence-electron chi connectivity index (χ1n) is 9.11. The summed E-state index contributed by atoms with van der Waals surface area (Å²) in [5.41, 5.74) is 1.60. The number of aryl methyl sites for hydroxylation is 1. The maximum atomic E-state index is 5.97. The number of aromatic nitrogens is 3. The van der Waals surface area contributed by atoms with E-state index >= 15 is 0 Å². The molecule has 8 heteroatoms. The Bertz CT molecular complexity index is 740. The molecule has 2 aromatic heterocycles. The van der Waals surface area contributed by atoms with Gasteiger partial charge in [0, 0.05) is 37.3 Å². The molecule has 8 nitrogen and oxygen atoms in total. The van der Waals surface area contributed by atoms with Gasteiger partial charge in [0.05, 0.1) is 25.6 Å². The fourth-order valence-corrected chi connectivity index (χ4v) is 2.58. The number of pyridine rings is 1. The molecule has 0 bridgehead atoms. The molecule has 2 heterocycles. The number of nitrogens with zero attached hydrogens (tertiary/aromatic N) is 4. The van der Waals surface area contributed by atoms with Crippen LogP contribution in [0.2, 0.25) is 0 Å². The maximum absolute atomic E-state index is 5.97. The molecule has 0 radical (unpaired) electrons. The zero-order valence-corrected chi connectivity index (χ0v) is 17.0. The van der Waals surface area contributed by atoms with Gasteiger partial charge in [0.1, 0.15) is 5.82 Å². The summed E-state index contributed by atoms with van der Waals surface area (Å²) in [7, 11) is 5.51. The molecule has 0 spiro atoms. The Morgan fingerprint density at radius 1 is 1.26 bits per heavy atom. The van der Waals surface area contributed by atoms with Crippen molar-refractivity contribution in [2.45, 2.75) is 20.8 Å². The van der Waals surface area contributed by atoms with Crippen molar-refractivity contribution in [1.82, 2.24) is 19.9 Å². The second-order valence-corrected chi connectivity index (χ2v) is 6.60. The molecule has 0 aromatic carbocycles. The minimum atomic E-state index is 0.384. The lowest BCUT2D eigenvalue weighted by Gasteiger charge is -2.20. The van der Waals surface area contributed by atoms with Crippen LogP contribution in [0, 0.1) is 12.8 Å². The lowest BCUT2D eigenvalue weighted by molar-refractivity contribution is 0.203. The number of hydrogen-bond acceptors (Lipinski definition) is 8. The normalized spacial score (nSPS) is 12.0. The third-order valence-corrected chi connectivity index (χ3v) is 4.06. The van der Waals surface area contributed by atoms with E-state index < -0.39 is 0 Å². The standard InChI is InChI=1S/C19H30N6O2/c1-7-25(5)11-13(2)12-27-16-9-15(10-21-18(16)26-6)23-19-22-14(3)8-17(20-4)24-19/h8-10,13H,7,11-12H2,1-6H3,(H2,20,22,23,24). The van der Waals surface area contributed by atoms with Crippen LogP contribution in [-0.4, -0.2) is 60.8 Å². The lowest BCUT2D eigenvalue weighted by Crippen LogP contribution is -2.27. The molecular formula is C19H30N6O2. The van der Waals surface area contributed by atoms with Crippen molar-refractivity contribution in [3.8, 4) is 11.6 Å². The summed E-state index contributed by atoms with van der Waals surface area (Å²) in [6, 6.07) is 3.73. The minimum absolute atomic E-state index is 0.384. The summed E-state index contributed by atoms with van der Waals surface area (Å²) < 4.78 is 11.3. The van der Waals surface area contributed by atoms with Gasteiger partial charge in [-0.1, -0.05) is 13.8 Å². The first-order valence-corrected chi connectivity index (χ1v) is 9.11. The van der Waals surface area contributed by atoms with Gasteiger partial charge in [-0.05, 0) is 20.5 Å². The summed E-state index contributed by atoms with van der Waals surface area (Å²) in [6.45, 7) is 8.78. The predicted molar refractivity (Wildman–Crippen MR) is 108 cm³/mol. The van der Waals surface area contributed by atoms with Crippen LogP contribution in [0.5, 0.6) is 11.6 Å². The minimum Gasteiger partial charge on any atom is -0.488 e. The molecule has 2 rings (SSSR count). The fourth-order valence-electron chi connectivity index (χ4n) is 2.58. The number of hydrogen-bond donors (Lipinski definition) is 2. The average molecular weight is 374 g/mol. The van der Waals surface area contributed by atoms with Crippen molar-refractivity contribution in [3.05, 3.63) is 24.0 Å². The van der Waals surface area contributed by atoms with Crippen molar-refractivity contribution >= 4 is 17.5 Å². The van der Waals surface area contributed by atoms with Gasteiger partial charge in [-0.25, -0.2) is 9.97 Å². The summed E-state index contributed by atoms with van der Waals surface area (Å²) >= 11 is 0. The zero-order chi connectivity index (χ0) is 19.8. The van der Waals surface area contributed by atoms with Crippen molar-refractivity contribution in [1.29, 1.82) is 0 Å². The van der Waals surface area contributed by atoms with Crippen LogP contribution < -0.4 is 20.1 Å². The van der Waals surface area contributed by atoms with Crippen LogP contribution in [0.15, 0.2) is 18.3 Å². The molecule has 0 aliphatic carbocycles. The van der Waals surface area contributed by atoms with Gasteiger partial charge >= 0.3 is 0 Å². The SMILES string of the molecule is CCN(C)CC(C)COc1cc(Nc2nc(C)cc(NC)n2)cnc1OC. The van der Waals surface area contributed by atoms with E-state index in [-0.39, 0.29) is 0 Å². The molecule has 1 atom stereocenters. The molecule has 2 aromatic rings. The first-order chi connectivity index (χ1) is 12.9. The smallest absolute Gasteiger partial charge is 0.256 e. The Labute approximate surface area is 161 Å². The largest absolute Gasteiger partial charge is 0.488 e. The van der Waals surface area contributed by atoms with E-state index in [1.165, 1.54) is 0 Å². The predicted octanol–water partition coefficient (Wildman–Crippen LogP) is 2.94. The molecule has 0 saturated carbocycles. The van der Waals surface area contributed by atoms with Gasteiger partial charge in [0.25, 0.3) is 5.88 Å². The zero-order valence-electron chi connectivity index (χ0n) is 17.0. The van der Waals surface area contributed by atoms with E-state index in [0.717, 1.165) is 30.3 Å². The molecular weight excluding hydrogens is 344 g/mol. The van der Waals surface area contributed by atoms with E-state index in [1.54, 1.807) is 13.3 Å². The molecule has 0 saturated heterocycles. The topological polar surface area (TPSA) is 84.4 Å². The Kier molecular flexibility index (Phi) is 7.60. The van der Waals surface area contributed by atoms with Crippen molar-refractivity contribution in [2.24, 2.45) is 5.92 Å². The van der Waals surface area contributed by atoms with E-state index in [1.807, 2.05) is 26.1 Å². The molecule has 1 unspecified atom stereocenters. The second-order valence-electron chi connectivity index (χ2n) is 6.60. The van der Waals surface area contributed by atoms with Crippen LogP contribution >= 0.6 is 0 Å². The summed E-state index contributed by atoms with van der Waals surface area (Å²) in [6.07, 6.45) is 1.67. The second kappa shape index (κ2) is 9.91. The monoisotopic (exact) mass is 374 g/mol. The summed E-state index contributed by atoms with van der Waals surface area (Å²) in [5.74, 6) is 2.68. The highest BCUT2D eigenvalue weighted by molar-refractivity contribution is 5.58. The molecule has 0 aliphatic rings. The van der Waals surface area contributed by atoms with E-state index in [2.05, 4.69) is 51.4 Å². The highest BCUT2D eigenvalue weighted by Crippen LogP contribution is 2.29. The maximum Gasteiger partial charge on any atom is 0.256 e. The van der Waals surface area contributed by atoms with Gasteiger partial charge < -0.3 is 25.0 Å². The molecule has 0 aliphatic heterocycles.